The Hall–Kier alpha value is -1.12. The van der Waals surface area contributed by atoms with Crippen molar-refractivity contribution in [2.45, 2.75) is 45.1 Å². The first-order chi connectivity index (χ1) is 6.72. The van der Waals surface area contributed by atoms with E-state index in [0.29, 0.717) is 0 Å². The van der Waals surface area contributed by atoms with Gasteiger partial charge < -0.3 is 5.32 Å². The van der Waals surface area contributed by atoms with Crippen molar-refractivity contribution in [2.75, 3.05) is 5.32 Å². The molecule has 0 aliphatic heterocycles. The first-order valence-electron chi connectivity index (χ1n) is 5.31. The van der Waals surface area contributed by atoms with Gasteiger partial charge in [-0.1, -0.05) is 6.92 Å². The molecule has 2 rings (SSSR count). The van der Waals surface area contributed by atoms with E-state index in [4.69, 9.17) is 0 Å². The molecular weight excluding hydrogens is 174 g/mol. The molecule has 0 saturated heterocycles. The SMILES string of the molecule is CCc1cc(NC2(C)CCC2)ncn1. The molecule has 3 nitrogen and oxygen atoms in total. The van der Waals surface area contributed by atoms with E-state index in [9.17, 15) is 0 Å². The predicted molar refractivity (Wildman–Crippen MR) is 57.3 cm³/mol. The molecule has 1 aromatic heterocycles. The van der Waals surface area contributed by atoms with Gasteiger partial charge in [-0.15, -0.1) is 0 Å². The van der Waals surface area contributed by atoms with Gasteiger partial charge in [0.05, 0.1) is 0 Å². The fourth-order valence-corrected chi connectivity index (χ4v) is 1.80. The highest BCUT2D eigenvalue weighted by Gasteiger charge is 2.31. The second kappa shape index (κ2) is 3.56. The van der Waals surface area contributed by atoms with Crippen LogP contribution in [0.3, 0.4) is 0 Å². The molecule has 0 atom stereocenters. The van der Waals surface area contributed by atoms with Gasteiger partial charge in [0, 0.05) is 17.3 Å². The predicted octanol–water partition coefficient (Wildman–Crippen LogP) is 2.39. The Bertz CT molecular complexity index is 318. The molecule has 1 heterocycles. The largest absolute Gasteiger partial charge is 0.365 e. The summed E-state index contributed by atoms with van der Waals surface area (Å²) in [5.74, 6) is 0.971. The number of nitrogens with one attached hydrogen (secondary N) is 1. The van der Waals surface area contributed by atoms with Crippen LogP contribution in [0, 0.1) is 0 Å². The van der Waals surface area contributed by atoms with E-state index in [1.54, 1.807) is 6.33 Å². The summed E-state index contributed by atoms with van der Waals surface area (Å²) in [5.41, 5.74) is 1.38. The van der Waals surface area contributed by atoms with Crippen LogP contribution < -0.4 is 5.32 Å². The Morgan fingerprint density at radius 1 is 1.43 bits per heavy atom. The lowest BCUT2D eigenvalue weighted by Gasteiger charge is -2.39. The molecule has 0 spiro atoms. The van der Waals surface area contributed by atoms with Gasteiger partial charge in [0.15, 0.2) is 0 Å². The smallest absolute Gasteiger partial charge is 0.130 e. The quantitative estimate of drug-likeness (QED) is 0.797. The Balaban J connectivity index is 2.08. The minimum Gasteiger partial charge on any atom is -0.365 e. The third-order valence-electron chi connectivity index (χ3n) is 2.97. The molecule has 0 amide bonds. The van der Waals surface area contributed by atoms with E-state index in [1.807, 2.05) is 6.07 Å². The van der Waals surface area contributed by atoms with Crippen LogP contribution in [0.1, 0.15) is 38.8 Å². The van der Waals surface area contributed by atoms with Gasteiger partial charge in [0.2, 0.25) is 0 Å². The second-order valence-corrected chi connectivity index (χ2v) is 4.29. The van der Waals surface area contributed by atoms with Crippen molar-refractivity contribution < 1.29 is 0 Å². The molecule has 14 heavy (non-hydrogen) atoms. The summed E-state index contributed by atoms with van der Waals surface area (Å²) in [5, 5.41) is 3.48. The Morgan fingerprint density at radius 2 is 2.21 bits per heavy atom. The average Bonchev–Trinajstić information content (AvgIpc) is 2.16. The minimum atomic E-state index is 0.277. The summed E-state index contributed by atoms with van der Waals surface area (Å²) in [4.78, 5) is 8.41. The van der Waals surface area contributed by atoms with Crippen LogP contribution in [0.25, 0.3) is 0 Å². The summed E-state index contributed by atoms with van der Waals surface area (Å²) in [6.45, 7) is 4.36. The molecule has 76 valence electrons. The maximum Gasteiger partial charge on any atom is 0.130 e. The lowest BCUT2D eigenvalue weighted by atomic mass is 9.78. The number of hydrogen-bond acceptors (Lipinski definition) is 3. The van der Waals surface area contributed by atoms with E-state index in [1.165, 1.54) is 19.3 Å². The second-order valence-electron chi connectivity index (χ2n) is 4.29. The van der Waals surface area contributed by atoms with E-state index < -0.39 is 0 Å². The summed E-state index contributed by atoms with van der Waals surface area (Å²) in [6, 6.07) is 2.05. The van der Waals surface area contributed by atoms with E-state index >= 15 is 0 Å². The first-order valence-corrected chi connectivity index (χ1v) is 5.31. The van der Waals surface area contributed by atoms with Crippen LogP contribution in [-0.2, 0) is 6.42 Å². The van der Waals surface area contributed by atoms with E-state index in [-0.39, 0.29) is 5.54 Å². The minimum absolute atomic E-state index is 0.277. The van der Waals surface area contributed by atoms with E-state index in [0.717, 1.165) is 17.9 Å². The van der Waals surface area contributed by atoms with Crippen LogP contribution in [0.5, 0.6) is 0 Å². The lowest BCUT2D eigenvalue weighted by Crippen LogP contribution is -2.41. The third kappa shape index (κ3) is 1.86. The van der Waals surface area contributed by atoms with Gasteiger partial charge in [-0.3, -0.25) is 0 Å². The number of aromatic nitrogens is 2. The van der Waals surface area contributed by atoms with Gasteiger partial charge in [-0.05, 0) is 32.6 Å². The van der Waals surface area contributed by atoms with Gasteiger partial charge in [0.1, 0.15) is 12.1 Å². The van der Waals surface area contributed by atoms with E-state index in [2.05, 4.69) is 29.1 Å². The average molecular weight is 191 g/mol. The number of hydrogen-bond donors (Lipinski definition) is 1. The highest BCUT2D eigenvalue weighted by Crippen LogP contribution is 2.33. The monoisotopic (exact) mass is 191 g/mol. The van der Waals surface area contributed by atoms with Crippen LogP contribution in [0.2, 0.25) is 0 Å². The molecule has 0 aromatic carbocycles. The Kier molecular flexibility index (Phi) is 2.40. The molecule has 0 unspecified atom stereocenters. The summed E-state index contributed by atoms with van der Waals surface area (Å²) < 4.78 is 0. The number of aryl methyl sites for hydroxylation is 1. The van der Waals surface area contributed by atoms with Crippen molar-refractivity contribution in [1.82, 2.24) is 9.97 Å². The number of nitrogens with zero attached hydrogens (tertiary/aromatic N) is 2. The van der Waals surface area contributed by atoms with Gasteiger partial charge in [-0.25, -0.2) is 9.97 Å². The summed E-state index contributed by atoms with van der Waals surface area (Å²) in [6.07, 6.45) is 6.43. The molecular formula is C11H17N3. The number of rotatable bonds is 3. The van der Waals surface area contributed by atoms with Crippen molar-refractivity contribution in [1.29, 1.82) is 0 Å². The first kappa shape index (κ1) is 9.44. The standard InChI is InChI=1S/C11H17N3/c1-3-9-7-10(13-8-12-9)14-11(2)5-4-6-11/h7-8H,3-6H2,1-2H3,(H,12,13,14). The van der Waals surface area contributed by atoms with Crippen LogP contribution in [-0.4, -0.2) is 15.5 Å². The van der Waals surface area contributed by atoms with Crippen LogP contribution >= 0.6 is 0 Å². The third-order valence-corrected chi connectivity index (χ3v) is 2.97. The zero-order valence-electron chi connectivity index (χ0n) is 8.88. The molecule has 1 fully saturated rings. The molecule has 1 N–H and O–H groups in total. The van der Waals surface area contributed by atoms with Gasteiger partial charge in [-0.2, -0.15) is 0 Å². The Morgan fingerprint density at radius 3 is 2.79 bits per heavy atom. The maximum atomic E-state index is 4.23. The highest BCUT2D eigenvalue weighted by molar-refractivity contribution is 5.38. The fourth-order valence-electron chi connectivity index (χ4n) is 1.80. The zero-order chi connectivity index (χ0) is 10.0. The van der Waals surface area contributed by atoms with Crippen LogP contribution in [0.15, 0.2) is 12.4 Å². The summed E-state index contributed by atoms with van der Waals surface area (Å²) in [7, 11) is 0. The molecule has 0 bridgehead atoms. The zero-order valence-corrected chi connectivity index (χ0v) is 8.88. The van der Waals surface area contributed by atoms with Crippen molar-refractivity contribution in [3.8, 4) is 0 Å². The molecule has 1 aliphatic rings. The van der Waals surface area contributed by atoms with Crippen molar-refractivity contribution in [3.63, 3.8) is 0 Å². The Labute approximate surface area is 85.0 Å². The highest BCUT2D eigenvalue weighted by atomic mass is 15.1. The molecule has 3 heteroatoms. The number of anilines is 1. The molecule has 1 aliphatic carbocycles. The molecule has 1 aromatic rings. The molecule has 1 saturated carbocycles. The summed E-state index contributed by atoms with van der Waals surface area (Å²) >= 11 is 0. The van der Waals surface area contributed by atoms with Gasteiger partial charge >= 0.3 is 0 Å². The topological polar surface area (TPSA) is 37.8 Å². The van der Waals surface area contributed by atoms with Crippen molar-refractivity contribution >= 4 is 5.82 Å². The maximum absolute atomic E-state index is 4.23. The van der Waals surface area contributed by atoms with Gasteiger partial charge in [0.25, 0.3) is 0 Å². The van der Waals surface area contributed by atoms with Crippen LogP contribution in [0.4, 0.5) is 5.82 Å². The fraction of sp³-hybridized carbons (Fsp3) is 0.636. The van der Waals surface area contributed by atoms with Crippen molar-refractivity contribution in [3.05, 3.63) is 18.1 Å². The molecule has 0 radical (unpaired) electrons. The normalized spacial score (nSPS) is 18.7. The lowest BCUT2D eigenvalue weighted by molar-refractivity contribution is 0.305. The van der Waals surface area contributed by atoms with Crippen molar-refractivity contribution in [2.24, 2.45) is 0 Å².